The normalized spacial score (nSPS) is 19.1. The van der Waals surface area contributed by atoms with E-state index in [0.29, 0.717) is 18.4 Å². The number of benzene rings is 1. The van der Waals surface area contributed by atoms with Crippen molar-refractivity contribution in [3.8, 4) is 23.1 Å². The van der Waals surface area contributed by atoms with Crippen LogP contribution in [0.4, 0.5) is 0 Å². The highest BCUT2D eigenvalue weighted by molar-refractivity contribution is 5.91. The Hall–Kier alpha value is -2.99. The zero-order valence-corrected chi connectivity index (χ0v) is 21.0. The molecule has 5 rings (SSSR count). The lowest BCUT2D eigenvalue weighted by Crippen LogP contribution is -2.35. The number of nitrogens with zero attached hydrogens (tertiary/aromatic N) is 5. The number of rotatable bonds is 9. The average Bonchev–Trinajstić information content (AvgIpc) is 3.56. The molecular formula is C28H35N5O3. The Balaban J connectivity index is 1.28. The van der Waals surface area contributed by atoms with E-state index >= 15 is 0 Å². The lowest BCUT2D eigenvalue weighted by Gasteiger charge is -2.31. The van der Waals surface area contributed by atoms with Crippen LogP contribution in [0.1, 0.15) is 37.1 Å². The molecule has 2 aliphatic rings. The maximum Gasteiger partial charge on any atom is 0.234 e. The molecule has 0 bridgehead atoms. The number of aliphatic hydroxyl groups excluding tert-OH is 1. The van der Waals surface area contributed by atoms with Gasteiger partial charge in [-0.15, -0.1) is 0 Å². The fourth-order valence-corrected chi connectivity index (χ4v) is 5.42. The largest absolute Gasteiger partial charge is 0.493 e. The Kier molecular flexibility index (Phi) is 7.81. The van der Waals surface area contributed by atoms with E-state index in [4.69, 9.17) is 14.6 Å². The third-order valence-corrected chi connectivity index (χ3v) is 7.55. The van der Waals surface area contributed by atoms with Gasteiger partial charge >= 0.3 is 0 Å². The van der Waals surface area contributed by atoms with Crippen molar-refractivity contribution in [3.05, 3.63) is 41.9 Å². The minimum atomic E-state index is 0.183. The highest BCUT2D eigenvalue weighted by Crippen LogP contribution is 2.31. The average molecular weight is 490 g/mol. The van der Waals surface area contributed by atoms with E-state index in [2.05, 4.69) is 38.5 Å². The van der Waals surface area contributed by atoms with Crippen LogP contribution in [0.2, 0.25) is 0 Å². The summed E-state index contributed by atoms with van der Waals surface area (Å²) in [6, 6.07) is 10.3. The summed E-state index contributed by atoms with van der Waals surface area (Å²) in [6.07, 6.45) is 6.47. The Labute approximate surface area is 212 Å². The molecule has 0 saturated carbocycles. The Morgan fingerprint density at radius 1 is 1.17 bits per heavy atom. The molecule has 2 aliphatic heterocycles. The molecule has 1 atom stereocenters. The van der Waals surface area contributed by atoms with E-state index in [0.717, 1.165) is 85.8 Å². The Bertz CT molecular complexity index is 1220. The number of ether oxygens (including phenoxy) is 2. The van der Waals surface area contributed by atoms with Gasteiger partial charge in [0.15, 0.2) is 0 Å². The lowest BCUT2D eigenvalue weighted by molar-refractivity contribution is 0.136. The van der Waals surface area contributed by atoms with Crippen LogP contribution in [0.25, 0.3) is 22.3 Å². The van der Waals surface area contributed by atoms with Crippen molar-refractivity contribution in [2.45, 2.75) is 39.2 Å². The number of hydrogen-bond donors (Lipinski definition) is 1. The number of nitriles is 1. The van der Waals surface area contributed by atoms with Crippen LogP contribution in [-0.2, 0) is 11.3 Å². The number of aromatic nitrogens is 3. The number of aryl methyl sites for hydroxylation is 1. The standard InChI is InChI=1S/C28H35N5O3/c1-20-16-23(2-3-25(20)36-15-8-21-4-9-32(10-5-21)12-13-34)27-24-6-11-33(18-22-7-14-35-19-22)28(24)31-26(17-29)30-27/h2-3,6,11,16,21-22,34H,4-5,7-10,12-15,18-19H2,1H3. The lowest BCUT2D eigenvalue weighted by atomic mass is 9.94. The van der Waals surface area contributed by atoms with Gasteiger partial charge in [-0.3, -0.25) is 0 Å². The predicted molar refractivity (Wildman–Crippen MR) is 138 cm³/mol. The van der Waals surface area contributed by atoms with Gasteiger partial charge in [-0.05, 0) is 81.4 Å². The van der Waals surface area contributed by atoms with Gasteiger partial charge in [0.05, 0.1) is 25.5 Å². The van der Waals surface area contributed by atoms with Crippen LogP contribution < -0.4 is 4.74 Å². The number of fused-ring (bicyclic) bond motifs is 1. The maximum absolute atomic E-state index is 9.59. The van der Waals surface area contributed by atoms with Gasteiger partial charge in [0.25, 0.3) is 0 Å². The summed E-state index contributed by atoms with van der Waals surface area (Å²) < 4.78 is 13.8. The van der Waals surface area contributed by atoms with Crippen LogP contribution in [0, 0.1) is 30.1 Å². The molecule has 2 saturated heterocycles. The zero-order chi connectivity index (χ0) is 24.9. The molecule has 1 unspecified atom stereocenters. The molecule has 190 valence electrons. The van der Waals surface area contributed by atoms with E-state index in [1.165, 1.54) is 12.8 Å². The van der Waals surface area contributed by atoms with E-state index in [1.807, 2.05) is 24.4 Å². The van der Waals surface area contributed by atoms with Crippen LogP contribution in [-0.4, -0.2) is 70.6 Å². The second kappa shape index (κ2) is 11.4. The van der Waals surface area contributed by atoms with Crippen molar-refractivity contribution in [1.82, 2.24) is 19.4 Å². The summed E-state index contributed by atoms with van der Waals surface area (Å²) in [5.41, 5.74) is 3.59. The summed E-state index contributed by atoms with van der Waals surface area (Å²) in [5.74, 6) is 2.22. The fourth-order valence-electron chi connectivity index (χ4n) is 5.42. The first-order chi connectivity index (χ1) is 17.6. The first-order valence-corrected chi connectivity index (χ1v) is 13.1. The molecule has 0 aliphatic carbocycles. The zero-order valence-electron chi connectivity index (χ0n) is 21.0. The predicted octanol–water partition coefficient (Wildman–Crippen LogP) is 3.79. The van der Waals surface area contributed by atoms with Gasteiger partial charge in [-0.1, -0.05) is 0 Å². The molecule has 4 heterocycles. The van der Waals surface area contributed by atoms with Crippen LogP contribution in [0.15, 0.2) is 30.5 Å². The van der Waals surface area contributed by atoms with Crippen molar-refractivity contribution in [2.75, 3.05) is 46.1 Å². The van der Waals surface area contributed by atoms with Crippen molar-refractivity contribution < 1.29 is 14.6 Å². The smallest absolute Gasteiger partial charge is 0.234 e. The van der Waals surface area contributed by atoms with Crippen molar-refractivity contribution in [1.29, 1.82) is 5.26 Å². The van der Waals surface area contributed by atoms with Crippen molar-refractivity contribution in [3.63, 3.8) is 0 Å². The van der Waals surface area contributed by atoms with Crippen LogP contribution >= 0.6 is 0 Å². The molecule has 1 N–H and O–H groups in total. The number of likely N-dealkylation sites (tertiary alicyclic amines) is 1. The van der Waals surface area contributed by atoms with Gasteiger partial charge in [0.2, 0.25) is 5.82 Å². The van der Waals surface area contributed by atoms with Gasteiger partial charge in [-0.25, -0.2) is 9.97 Å². The monoisotopic (exact) mass is 489 g/mol. The van der Waals surface area contributed by atoms with E-state index in [-0.39, 0.29) is 12.4 Å². The van der Waals surface area contributed by atoms with E-state index in [9.17, 15) is 5.26 Å². The minimum absolute atomic E-state index is 0.183. The summed E-state index contributed by atoms with van der Waals surface area (Å²) in [6.45, 7) is 8.32. The minimum Gasteiger partial charge on any atom is -0.493 e. The summed E-state index contributed by atoms with van der Waals surface area (Å²) in [4.78, 5) is 11.4. The van der Waals surface area contributed by atoms with Gasteiger partial charge in [0, 0.05) is 42.8 Å². The number of piperidine rings is 1. The molecule has 36 heavy (non-hydrogen) atoms. The summed E-state index contributed by atoms with van der Waals surface area (Å²) in [5, 5.41) is 19.7. The maximum atomic E-state index is 9.59. The molecule has 8 nitrogen and oxygen atoms in total. The molecule has 2 fully saturated rings. The second-order valence-electron chi connectivity index (χ2n) is 10.1. The quantitative estimate of drug-likeness (QED) is 0.488. The first-order valence-electron chi connectivity index (χ1n) is 13.1. The van der Waals surface area contributed by atoms with E-state index < -0.39 is 0 Å². The fraction of sp³-hybridized carbons (Fsp3) is 0.536. The number of hydrogen-bond acceptors (Lipinski definition) is 7. The van der Waals surface area contributed by atoms with Crippen LogP contribution in [0.5, 0.6) is 5.75 Å². The molecule has 0 radical (unpaired) electrons. The van der Waals surface area contributed by atoms with Crippen LogP contribution in [0.3, 0.4) is 0 Å². The van der Waals surface area contributed by atoms with Crippen molar-refractivity contribution >= 4 is 11.0 Å². The topological polar surface area (TPSA) is 96.4 Å². The van der Waals surface area contributed by atoms with Gasteiger partial charge in [-0.2, -0.15) is 5.26 Å². The highest BCUT2D eigenvalue weighted by atomic mass is 16.5. The molecule has 8 heteroatoms. The van der Waals surface area contributed by atoms with E-state index in [1.54, 1.807) is 0 Å². The molecule has 0 amide bonds. The number of aliphatic hydroxyl groups is 1. The molecular weight excluding hydrogens is 454 g/mol. The summed E-state index contributed by atoms with van der Waals surface area (Å²) >= 11 is 0. The van der Waals surface area contributed by atoms with Gasteiger partial charge < -0.3 is 24.0 Å². The molecule has 0 spiro atoms. The molecule has 2 aromatic heterocycles. The molecule has 1 aromatic carbocycles. The van der Waals surface area contributed by atoms with Crippen molar-refractivity contribution in [2.24, 2.45) is 11.8 Å². The SMILES string of the molecule is Cc1cc(-c2nc(C#N)nc3c2ccn3CC2CCOC2)ccc1OCCC1CCN(CCO)CC1. The Morgan fingerprint density at radius 3 is 2.75 bits per heavy atom. The Morgan fingerprint density at radius 2 is 2.03 bits per heavy atom. The number of β-amino-alcohol motifs (C(OH)–C–C–N with tert-alkyl or cyclic N) is 1. The summed E-state index contributed by atoms with van der Waals surface area (Å²) in [7, 11) is 0. The second-order valence-corrected chi connectivity index (χ2v) is 10.1. The highest BCUT2D eigenvalue weighted by Gasteiger charge is 2.21. The first kappa shape index (κ1) is 24.7. The third-order valence-electron chi connectivity index (χ3n) is 7.55. The third kappa shape index (κ3) is 5.54. The molecule has 3 aromatic rings. The van der Waals surface area contributed by atoms with Gasteiger partial charge in [0.1, 0.15) is 17.5 Å².